The highest BCUT2D eigenvalue weighted by Crippen LogP contribution is 2.15. The predicted octanol–water partition coefficient (Wildman–Crippen LogP) is 2.50. The van der Waals surface area contributed by atoms with Crippen LogP contribution in [-0.2, 0) is 12.8 Å². The highest BCUT2D eigenvalue weighted by atomic mass is 32.1. The quantitative estimate of drug-likeness (QED) is 0.860. The maximum atomic E-state index is 5.81. The summed E-state index contributed by atoms with van der Waals surface area (Å²) >= 11 is 1.71. The van der Waals surface area contributed by atoms with E-state index in [1.807, 2.05) is 17.6 Å². The van der Waals surface area contributed by atoms with E-state index in [2.05, 4.69) is 29.2 Å². The van der Waals surface area contributed by atoms with E-state index < -0.39 is 0 Å². The summed E-state index contributed by atoms with van der Waals surface area (Å²) in [6.45, 7) is 0.717. The van der Waals surface area contributed by atoms with Gasteiger partial charge in [0, 0.05) is 18.0 Å². The van der Waals surface area contributed by atoms with E-state index in [1.54, 1.807) is 11.3 Å². The average molecular weight is 232 g/mol. The van der Waals surface area contributed by atoms with Gasteiger partial charge in [-0.1, -0.05) is 30.3 Å². The van der Waals surface area contributed by atoms with Crippen molar-refractivity contribution >= 4 is 11.3 Å². The molecule has 2 N–H and O–H groups in total. The minimum Gasteiger partial charge on any atom is -0.330 e. The molecule has 0 saturated heterocycles. The molecular formula is C13H16N2S. The van der Waals surface area contributed by atoms with Crippen molar-refractivity contribution < 1.29 is 0 Å². The first-order valence-corrected chi connectivity index (χ1v) is 6.39. The lowest BCUT2D eigenvalue weighted by atomic mass is 9.97. The third kappa shape index (κ3) is 3.15. The van der Waals surface area contributed by atoms with Crippen molar-refractivity contribution in [3.8, 4) is 0 Å². The van der Waals surface area contributed by atoms with Crippen LogP contribution in [0.15, 0.2) is 41.9 Å². The Morgan fingerprint density at radius 3 is 2.62 bits per heavy atom. The van der Waals surface area contributed by atoms with E-state index >= 15 is 0 Å². The van der Waals surface area contributed by atoms with Gasteiger partial charge >= 0.3 is 0 Å². The zero-order valence-electron chi connectivity index (χ0n) is 9.17. The molecule has 0 fully saturated rings. The van der Waals surface area contributed by atoms with Gasteiger partial charge in [-0.05, 0) is 24.4 Å². The second-order valence-corrected chi connectivity index (χ2v) is 4.90. The normalized spacial score (nSPS) is 12.6. The van der Waals surface area contributed by atoms with Crippen LogP contribution in [0.2, 0.25) is 0 Å². The number of aromatic nitrogens is 1. The monoisotopic (exact) mass is 232 g/mol. The molecular weight excluding hydrogens is 216 g/mol. The Balaban J connectivity index is 1.96. The molecule has 0 aliphatic heterocycles. The summed E-state index contributed by atoms with van der Waals surface area (Å²) in [5.74, 6) is 0.494. The molecule has 2 nitrogen and oxygen atoms in total. The molecule has 0 aliphatic rings. The molecule has 1 aromatic heterocycles. The molecule has 2 aromatic rings. The number of thiazole rings is 1. The van der Waals surface area contributed by atoms with Gasteiger partial charge in [0.05, 0.1) is 5.01 Å². The molecule has 0 amide bonds. The van der Waals surface area contributed by atoms with Crippen LogP contribution in [0.4, 0.5) is 0 Å². The van der Waals surface area contributed by atoms with E-state index in [0.717, 1.165) is 12.8 Å². The number of benzene rings is 1. The smallest absolute Gasteiger partial charge is 0.0928 e. The molecule has 84 valence electrons. The standard InChI is InChI=1S/C13H16N2S/c14-10-12(9-13-15-6-7-16-13)8-11-4-2-1-3-5-11/h1-7,12H,8-10,14H2. The number of hydrogen-bond acceptors (Lipinski definition) is 3. The van der Waals surface area contributed by atoms with Crippen LogP contribution in [-0.4, -0.2) is 11.5 Å². The Morgan fingerprint density at radius 2 is 2.00 bits per heavy atom. The fraction of sp³-hybridized carbons (Fsp3) is 0.308. The van der Waals surface area contributed by atoms with Gasteiger partial charge < -0.3 is 5.73 Å². The highest BCUT2D eigenvalue weighted by molar-refractivity contribution is 7.09. The molecule has 1 aromatic carbocycles. The van der Waals surface area contributed by atoms with Crippen molar-refractivity contribution in [1.29, 1.82) is 0 Å². The maximum absolute atomic E-state index is 5.81. The molecule has 1 atom stereocenters. The second-order valence-electron chi connectivity index (χ2n) is 3.92. The number of nitrogens with two attached hydrogens (primary N) is 1. The van der Waals surface area contributed by atoms with E-state index in [1.165, 1.54) is 10.6 Å². The van der Waals surface area contributed by atoms with Gasteiger partial charge in [0.15, 0.2) is 0 Å². The Labute approximate surface area is 100 Å². The first-order chi connectivity index (χ1) is 7.88. The minimum absolute atomic E-state index is 0.494. The lowest BCUT2D eigenvalue weighted by molar-refractivity contribution is 0.532. The molecule has 2 rings (SSSR count). The fourth-order valence-electron chi connectivity index (χ4n) is 1.79. The fourth-order valence-corrected chi connectivity index (χ4v) is 2.52. The topological polar surface area (TPSA) is 38.9 Å². The number of nitrogens with zero attached hydrogens (tertiary/aromatic N) is 1. The van der Waals surface area contributed by atoms with E-state index in [0.29, 0.717) is 12.5 Å². The lowest BCUT2D eigenvalue weighted by Crippen LogP contribution is -2.19. The summed E-state index contributed by atoms with van der Waals surface area (Å²) in [7, 11) is 0. The summed E-state index contributed by atoms with van der Waals surface area (Å²) in [5.41, 5.74) is 7.17. The Hall–Kier alpha value is -1.19. The first-order valence-electron chi connectivity index (χ1n) is 5.51. The summed E-state index contributed by atoms with van der Waals surface area (Å²) < 4.78 is 0. The Kier molecular flexibility index (Phi) is 4.08. The summed E-state index contributed by atoms with van der Waals surface area (Å²) in [4.78, 5) is 4.31. The predicted molar refractivity (Wildman–Crippen MR) is 68.5 cm³/mol. The second kappa shape index (κ2) is 5.77. The third-order valence-electron chi connectivity index (χ3n) is 2.65. The SMILES string of the molecule is NCC(Cc1ccccc1)Cc1nccs1. The van der Waals surface area contributed by atoms with Crippen molar-refractivity contribution in [2.75, 3.05) is 6.54 Å². The maximum Gasteiger partial charge on any atom is 0.0928 e. The zero-order chi connectivity index (χ0) is 11.2. The van der Waals surface area contributed by atoms with Crippen LogP contribution >= 0.6 is 11.3 Å². The molecule has 0 spiro atoms. The van der Waals surface area contributed by atoms with Crippen molar-refractivity contribution in [1.82, 2.24) is 4.98 Å². The molecule has 0 radical (unpaired) electrons. The Bertz CT molecular complexity index is 397. The molecule has 1 unspecified atom stereocenters. The first kappa shape index (κ1) is 11.3. The zero-order valence-corrected chi connectivity index (χ0v) is 9.99. The molecule has 1 heterocycles. The van der Waals surface area contributed by atoms with Crippen molar-refractivity contribution in [2.45, 2.75) is 12.8 Å². The van der Waals surface area contributed by atoms with Gasteiger partial charge in [0.25, 0.3) is 0 Å². The largest absolute Gasteiger partial charge is 0.330 e. The molecule has 16 heavy (non-hydrogen) atoms. The summed E-state index contributed by atoms with van der Waals surface area (Å²) in [6.07, 6.45) is 3.88. The molecule has 0 bridgehead atoms. The number of hydrogen-bond donors (Lipinski definition) is 1. The van der Waals surface area contributed by atoms with Crippen LogP contribution in [0.3, 0.4) is 0 Å². The Morgan fingerprint density at radius 1 is 1.19 bits per heavy atom. The number of rotatable bonds is 5. The van der Waals surface area contributed by atoms with E-state index in [9.17, 15) is 0 Å². The molecule has 0 saturated carbocycles. The van der Waals surface area contributed by atoms with Crippen LogP contribution < -0.4 is 5.73 Å². The van der Waals surface area contributed by atoms with E-state index in [4.69, 9.17) is 5.73 Å². The van der Waals surface area contributed by atoms with Crippen molar-refractivity contribution in [3.05, 3.63) is 52.5 Å². The van der Waals surface area contributed by atoms with Gasteiger partial charge in [0.1, 0.15) is 0 Å². The van der Waals surface area contributed by atoms with E-state index in [-0.39, 0.29) is 0 Å². The lowest BCUT2D eigenvalue weighted by Gasteiger charge is -2.12. The average Bonchev–Trinajstić information content (AvgIpc) is 2.82. The van der Waals surface area contributed by atoms with Gasteiger partial charge in [0.2, 0.25) is 0 Å². The third-order valence-corrected chi connectivity index (χ3v) is 3.45. The van der Waals surface area contributed by atoms with Crippen LogP contribution in [0, 0.1) is 5.92 Å². The molecule has 3 heteroatoms. The van der Waals surface area contributed by atoms with Gasteiger partial charge in [-0.15, -0.1) is 11.3 Å². The van der Waals surface area contributed by atoms with Crippen LogP contribution in [0.25, 0.3) is 0 Å². The van der Waals surface area contributed by atoms with Gasteiger partial charge in [-0.3, -0.25) is 0 Å². The van der Waals surface area contributed by atoms with Crippen molar-refractivity contribution in [2.24, 2.45) is 11.7 Å². The summed E-state index contributed by atoms with van der Waals surface area (Å²) in [5, 5.41) is 3.21. The van der Waals surface area contributed by atoms with Crippen LogP contribution in [0.1, 0.15) is 10.6 Å². The van der Waals surface area contributed by atoms with Crippen molar-refractivity contribution in [3.63, 3.8) is 0 Å². The molecule has 0 aliphatic carbocycles. The summed E-state index contributed by atoms with van der Waals surface area (Å²) in [6, 6.07) is 10.5. The van der Waals surface area contributed by atoms with Gasteiger partial charge in [-0.2, -0.15) is 0 Å². The highest BCUT2D eigenvalue weighted by Gasteiger charge is 2.10. The minimum atomic E-state index is 0.494. The van der Waals surface area contributed by atoms with Crippen LogP contribution in [0.5, 0.6) is 0 Å². The van der Waals surface area contributed by atoms with Gasteiger partial charge in [-0.25, -0.2) is 4.98 Å².